The molecule has 2 heterocycles. The molecule has 0 spiro atoms. The Hall–Kier alpha value is -1.82. The lowest BCUT2D eigenvalue weighted by molar-refractivity contribution is -0.125. The molecule has 0 fully saturated rings. The van der Waals surface area contributed by atoms with Crippen molar-refractivity contribution in [2.45, 2.75) is 40.7 Å². The number of hydrogen-bond acceptors (Lipinski definition) is 4. The highest BCUT2D eigenvalue weighted by atomic mass is 32.1. The van der Waals surface area contributed by atoms with Crippen molar-refractivity contribution in [3.8, 4) is 11.5 Å². The molecule has 0 N–H and O–H groups in total. The molecule has 0 saturated heterocycles. The van der Waals surface area contributed by atoms with E-state index in [0.29, 0.717) is 13.2 Å². The number of rotatable bonds is 2. The molecule has 1 amide bonds. The minimum atomic E-state index is -0.480. The van der Waals surface area contributed by atoms with Gasteiger partial charge in [-0.2, -0.15) is 4.99 Å². The summed E-state index contributed by atoms with van der Waals surface area (Å²) in [5, 5.41) is 0. The summed E-state index contributed by atoms with van der Waals surface area (Å²) >= 11 is 1.52. The second-order valence-corrected chi connectivity index (χ2v) is 7.68. The maximum Gasteiger partial charge on any atom is 0.253 e. The number of thiazole rings is 1. The van der Waals surface area contributed by atoms with Gasteiger partial charge in [-0.25, -0.2) is 0 Å². The van der Waals surface area contributed by atoms with Gasteiger partial charge in [-0.1, -0.05) is 39.0 Å². The van der Waals surface area contributed by atoms with Crippen LogP contribution in [0.1, 0.15) is 34.1 Å². The SMILES string of the molecule is CCCn1c(=NC(=O)C(C)(C)C)sc2cc3c(cc21)OCCO3. The zero-order chi connectivity index (χ0) is 16.6. The molecule has 3 rings (SSSR count). The number of aryl methyl sites for hydroxylation is 1. The predicted molar refractivity (Wildman–Crippen MR) is 91.1 cm³/mol. The van der Waals surface area contributed by atoms with E-state index in [2.05, 4.69) is 16.5 Å². The number of fused-ring (bicyclic) bond motifs is 2. The molecule has 0 saturated carbocycles. The van der Waals surface area contributed by atoms with Crippen molar-refractivity contribution < 1.29 is 14.3 Å². The van der Waals surface area contributed by atoms with Crippen LogP contribution in [0.4, 0.5) is 0 Å². The highest BCUT2D eigenvalue weighted by Crippen LogP contribution is 2.35. The van der Waals surface area contributed by atoms with Gasteiger partial charge in [0.1, 0.15) is 13.2 Å². The summed E-state index contributed by atoms with van der Waals surface area (Å²) in [6, 6.07) is 3.98. The predicted octanol–water partition coefficient (Wildman–Crippen LogP) is 3.36. The third kappa shape index (κ3) is 3.13. The van der Waals surface area contributed by atoms with Crippen LogP contribution < -0.4 is 14.3 Å². The van der Waals surface area contributed by atoms with E-state index >= 15 is 0 Å². The quantitative estimate of drug-likeness (QED) is 0.846. The normalized spacial score (nSPS) is 15.2. The molecule has 1 aliphatic rings. The lowest BCUT2D eigenvalue weighted by atomic mass is 9.96. The first-order chi connectivity index (χ1) is 10.9. The largest absolute Gasteiger partial charge is 0.486 e. The Kier molecular flexibility index (Phi) is 4.19. The first-order valence-corrected chi connectivity index (χ1v) is 8.74. The molecule has 0 radical (unpaired) electrons. The van der Waals surface area contributed by atoms with E-state index in [-0.39, 0.29) is 5.91 Å². The van der Waals surface area contributed by atoms with Gasteiger partial charge in [0, 0.05) is 24.1 Å². The lowest BCUT2D eigenvalue weighted by Gasteiger charge is -2.18. The number of amides is 1. The molecule has 124 valence electrons. The van der Waals surface area contributed by atoms with E-state index in [1.807, 2.05) is 32.9 Å². The second kappa shape index (κ2) is 6.00. The van der Waals surface area contributed by atoms with E-state index in [1.54, 1.807) is 0 Å². The third-order valence-electron chi connectivity index (χ3n) is 3.63. The summed E-state index contributed by atoms with van der Waals surface area (Å²) in [6.45, 7) is 9.72. The smallest absolute Gasteiger partial charge is 0.253 e. The summed E-state index contributed by atoms with van der Waals surface area (Å²) in [6.07, 6.45) is 0.969. The van der Waals surface area contributed by atoms with E-state index in [4.69, 9.17) is 9.47 Å². The van der Waals surface area contributed by atoms with Crippen LogP contribution in [-0.2, 0) is 11.3 Å². The first kappa shape index (κ1) is 16.1. The molecular formula is C17H22N2O3S. The van der Waals surface area contributed by atoms with Crippen molar-refractivity contribution in [2.75, 3.05) is 13.2 Å². The van der Waals surface area contributed by atoms with Gasteiger partial charge in [0.25, 0.3) is 5.91 Å². The van der Waals surface area contributed by atoms with Crippen molar-refractivity contribution in [1.82, 2.24) is 4.57 Å². The molecule has 1 aliphatic heterocycles. The number of hydrogen-bond donors (Lipinski definition) is 0. The molecule has 1 aromatic carbocycles. The van der Waals surface area contributed by atoms with Crippen LogP contribution in [-0.4, -0.2) is 23.7 Å². The Morgan fingerprint density at radius 2 is 1.91 bits per heavy atom. The molecule has 0 bridgehead atoms. The van der Waals surface area contributed by atoms with E-state index in [0.717, 1.165) is 39.5 Å². The van der Waals surface area contributed by atoms with E-state index in [1.165, 1.54) is 11.3 Å². The topological polar surface area (TPSA) is 52.8 Å². The van der Waals surface area contributed by atoms with Crippen molar-refractivity contribution >= 4 is 27.5 Å². The highest BCUT2D eigenvalue weighted by Gasteiger charge is 2.22. The Bertz CT molecular complexity index is 812. The minimum absolute atomic E-state index is 0.105. The monoisotopic (exact) mass is 334 g/mol. The Morgan fingerprint density at radius 3 is 2.52 bits per heavy atom. The zero-order valence-electron chi connectivity index (χ0n) is 14.0. The molecule has 6 heteroatoms. The van der Waals surface area contributed by atoms with Gasteiger partial charge in [0.2, 0.25) is 0 Å². The van der Waals surface area contributed by atoms with Gasteiger partial charge in [-0.05, 0) is 6.42 Å². The molecule has 2 aromatic rings. The Balaban J connectivity index is 2.19. The van der Waals surface area contributed by atoms with Gasteiger partial charge >= 0.3 is 0 Å². The third-order valence-corrected chi connectivity index (χ3v) is 4.67. The van der Waals surface area contributed by atoms with Crippen LogP contribution in [0.25, 0.3) is 10.2 Å². The number of nitrogens with zero attached hydrogens (tertiary/aromatic N) is 2. The summed E-state index contributed by atoms with van der Waals surface area (Å²) < 4.78 is 14.5. The number of carbonyl (C=O) groups excluding carboxylic acids is 1. The average molecular weight is 334 g/mol. The number of aromatic nitrogens is 1. The Morgan fingerprint density at radius 1 is 1.26 bits per heavy atom. The van der Waals surface area contributed by atoms with Crippen LogP contribution >= 0.6 is 11.3 Å². The highest BCUT2D eigenvalue weighted by molar-refractivity contribution is 7.16. The molecular weight excluding hydrogens is 312 g/mol. The van der Waals surface area contributed by atoms with E-state index in [9.17, 15) is 4.79 Å². The molecule has 1 aromatic heterocycles. The Labute approximate surface area is 139 Å². The van der Waals surface area contributed by atoms with Gasteiger partial charge < -0.3 is 14.0 Å². The second-order valence-electron chi connectivity index (χ2n) is 6.67. The maximum atomic E-state index is 12.3. The summed E-state index contributed by atoms with van der Waals surface area (Å²) in [5.41, 5.74) is 0.563. The first-order valence-electron chi connectivity index (χ1n) is 7.92. The van der Waals surface area contributed by atoms with Gasteiger partial charge in [0.15, 0.2) is 16.3 Å². The molecule has 23 heavy (non-hydrogen) atoms. The lowest BCUT2D eigenvalue weighted by Crippen LogP contribution is -2.23. The molecule has 0 atom stereocenters. The number of carbonyl (C=O) groups is 1. The zero-order valence-corrected chi connectivity index (χ0v) is 14.8. The number of benzene rings is 1. The van der Waals surface area contributed by atoms with Crippen molar-refractivity contribution in [1.29, 1.82) is 0 Å². The van der Waals surface area contributed by atoms with Crippen molar-refractivity contribution in [3.05, 3.63) is 16.9 Å². The standard InChI is InChI=1S/C17H22N2O3S/c1-5-6-19-11-9-12-13(22-8-7-21-12)10-14(11)23-16(19)18-15(20)17(2,3)4/h9-10H,5-8H2,1-4H3. The fraction of sp³-hybridized carbons (Fsp3) is 0.529. The van der Waals surface area contributed by atoms with Crippen LogP contribution in [0.5, 0.6) is 11.5 Å². The molecule has 0 unspecified atom stereocenters. The summed E-state index contributed by atoms with van der Waals surface area (Å²) in [5.74, 6) is 1.42. The van der Waals surface area contributed by atoms with Gasteiger partial charge in [-0.15, -0.1) is 0 Å². The van der Waals surface area contributed by atoms with Crippen LogP contribution in [0.2, 0.25) is 0 Å². The van der Waals surface area contributed by atoms with Crippen LogP contribution in [0, 0.1) is 5.41 Å². The molecule has 5 nitrogen and oxygen atoms in total. The fourth-order valence-electron chi connectivity index (χ4n) is 2.39. The van der Waals surface area contributed by atoms with Crippen LogP contribution in [0.3, 0.4) is 0 Å². The number of ether oxygens (including phenoxy) is 2. The fourth-order valence-corrected chi connectivity index (χ4v) is 3.45. The summed E-state index contributed by atoms with van der Waals surface area (Å²) in [4.78, 5) is 17.4. The maximum absolute atomic E-state index is 12.3. The van der Waals surface area contributed by atoms with E-state index < -0.39 is 5.41 Å². The van der Waals surface area contributed by atoms with Crippen molar-refractivity contribution in [2.24, 2.45) is 10.4 Å². The van der Waals surface area contributed by atoms with Gasteiger partial charge in [0.05, 0.1) is 10.2 Å². The minimum Gasteiger partial charge on any atom is -0.486 e. The van der Waals surface area contributed by atoms with Crippen LogP contribution in [0.15, 0.2) is 17.1 Å². The summed E-state index contributed by atoms with van der Waals surface area (Å²) in [7, 11) is 0. The van der Waals surface area contributed by atoms with Crippen molar-refractivity contribution in [3.63, 3.8) is 0 Å². The average Bonchev–Trinajstić information content (AvgIpc) is 2.81. The van der Waals surface area contributed by atoms with Gasteiger partial charge in [-0.3, -0.25) is 4.79 Å². The molecule has 0 aliphatic carbocycles.